The summed E-state index contributed by atoms with van der Waals surface area (Å²) >= 11 is 0. The zero-order valence-corrected chi connectivity index (χ0v) is 17.5. The van der Waals surface area contributed by atoms with Crippen LogP contribution in [-0.4, -0.2) is 29.9 Å². The van der Waals surface area contributed by atoms with Crippen LogP contribution in [0.4, 0.5) is 0 Å². The Hall–Kier alpha value is -1.65. The van der Waals surface area contributed by atoms with Crippen molar-refractivity contribution in [2.75, 3.05) is 0 Å². The topological polar surface area (TPSA) is 69.7 Å². The third-order valence-electron chi connectivity index (χ3n) is 7.74. The van der Waals surface area contributed by atoms with E-state index in [1.54, 1.807) is 19.9 Å². The predicted octanol–water partition coefficient (Wildman–Crippen LogP) is 3.70. The van der Waals surface area contributed by atoms with Crippen LogP contribution in [0, 0.1) is 34.5 Å². The number of allylic oxidation sites excluding steroid dienone is 1. The summed E-state index contributed by atoms with van der Waals surface area (Å²) in [7, 11) is 0. The Kier molecular flexibility index (Phi) is 4.80. The maximum atomic E-state index is 13.0. The van der Waals surface area contributed by atoms with Gasteiger partial charge in [-0.3, -0.25) is 9.59 Å². The van der Waals surface area contributed by atoms with E-state index < -0.39 is 11.5 Å². The van der Waals surface area contributed by atoms with Gasteiger partial charge in [0.25, 0.3) is 0 Å². The van der Waals surface area contributed by atoms with E-state index in [0.29, 0.717) is 18.4 Å². The Morgan fingerprint density at radius 3 is 2.22 bits per heavy atom. The minimum absolute atomic E-state index is 0.141. The van der Waals surface area contributed by atoms with E-state index in [1.165, 1.54) is 6.92 Å². The number of ether oxygens (including phenoxy) is 2. The smallest absolute Gasteiger partial charge is 0.333 e. The van der Waals surface area contributed by atoms with Gasteiger partial charge in [-0.25, -0.2) is 4.79 Å². The van der Waals surface area contributed by atoms with Gasteiger partial charge in [0, 0.05) is 42.1 Å². The van der Waals surface area contributed by atoms with Gasteiger partial charge in [0.05, 0.1) is 0 Å². The van der Waals surface area contributed by atoms with Gasteiger partial charge in [-0.05, 0) is 31.6 Å². The molecule has 0 heterocycles. The van der Waals surface area contributed by atoms with Crippen molar-refractivity contribution in [3.63, 3.8) is 0 Å². The zero-order chi connectivity index (χ0) is 20.3. The summed E-state index contributed by atoms with van der Waals surface area (Å²) in [4.78, 5) is 37.3. The third kappa shape index (κ3) is 2.76. The van der Waals surface area contributed by atoms with Crippen LogP contribution in [-0.2, 0) is 23.9 Å². The number of carbonyl (C=O) groups excluding carboxylic acids is 3. The molecular formula is C22H32O5. The number of carbonyl (C=O) groups is 3. The summed E-state index contributed by atoms with van der Waals surface area (Å²) in [6.07, 6.45) is 1.94. The molecule has 7 atom stereocenters. The van der Waals surface area contributed by atoms with Crippen molar-refractivity contribution in [2.45, 2.75) is 73.5 Å². The van der Waals surface area contributed by atoms with Gasteiger partial charge >= 0.3 is 11.9 Å². The van der Waals surface area contributed by atoms with Crippen LogP contribution in [0.25, 0.3) is 0 Å². The molecule has 5 heteroatoms. The number of rotatable bonds is 3. The molecule has 27 heavy (non-hydrogen) atoms. The average Bonchev–Trinajstić information content (AvgIpc) is 2.66. The largest absolute Gasteiger partial charge is 0.462 e. The van der Waals surface area contributed by atoms with Crippen LogP contribution >= 0.6 is 0 Å². The molecule has 3 saturated carbocycles. The second-order valence-electron chi connectivity index (χ2n) is 9.56. The van der Waals surface area contributed by atoms with Crippen LogP contribution < -0.4 is 0 Å². The van der Waals surface area contributed by atoms with E-state index in [2.05, 4.69) is 27.7 Å². The Morgan fingerprint density at radius 2 is 1.70 bits per heavy atom. The van der Waals surface area contributed by atoms with E-state index in [4.69, 9.17) is 9.47 Å². The predicted molar refractivity (Wildman–Crippen MR) is 101 cm³/mol. The van der Waals surface area contributed by atoms with Crippen LogP contribution in [0.2, 0.25) is 0 Å². The standard InChI is InChI=1S/C22H32O5/c1-8-11(2)20(25)27-16-10-15(26-13(4)23)21(5,6)19-17-12(3)9-14(24)18(19)22(16,17)7/h8,12,15-19H,9-10H2,1-7H3/b11-8-/t12-,15+,16+,17+,18-,19+,22-/m1/s1. The molecule has 0 aliphatic heterocycles. The molecule has 4 bridgehead atoms. The highest BCUT2D eigenvalue weighted by Gasteiger charge is 2.75. The highest BCUT2D eigenvalue weighted by Crippen LogP contribution is 2.73. The van der Waals surface area contributed by atoms with Crippen molar-refractivity contribution in [2.24, 2.45) is 34.5 Å². The Balaban J connectivity index is 2.06. The van der Waals surface area contributed by atoms with E-state index in [1.807, 2.05) is 0 Å². The highest BCUT2D eigenvalue weighted by molar-refractivity contribution is 5.88. The number of ketones is 1. The lowest BCUT2D eigenvalue weighted by Crippen LogP contribution is -2.70. The third-order valence-corrected chi connectivity index (χ3v) is 7.74. The number of hydrogen-bond donors (Lipinski definition) is 0. The molecule has 0 aromatic carbocycles. The van der Waals surface area contributed by atoms with Crippen molar-refractivity contribution < 1.29 is 23.9 Å². The SMILES string of the molecule is C/C=C(/C)C(=O)O[C@H]1C[C@H](OC(C)=O)C(C)(C)[C@H]2[C@@H]3[C@H](C)CC(=O)[C@H]2[C@@]31C. The Bertz CT molecular complexity index is 705. The van der Waals surface area contributed by atoms with Crippen molar-refractivity contribution >= 4 is 17.7 Å². The van der Waals surface area contributed by atoms with Crippen LogP contribution in [0.5, 0.6) is 0 Å². The lowest BCUT2D eigenvalue weighted by molar-refractivity contribution is -0.237. The van der Waals surface area contributed by atoms with Crippen LogP contribution in [0.15, 0.2) is 11.6 Å². The molecule has 0 unspecified atom stereocenters. The second kappa shape index (κ2) is 6.46. The lowest BCUT2D eigenvalue weighted by atomic mass is 9.35. The Morgan fingerprint density at radius 1 is 1.07 bits per heavy atom. The minimum atomic E-state index is -0.441. The highest BCUT2D eigenvalue weighted by atomic mass is 16.6. The van der Waals surface area contributed by atoms with E-state index in [-0.39, 0.29) is 52.9 Å². The Labute approximate surface area is 161 Å². The molecule has 0 amide bonds. The van der Waals surface area contributed by atoms with Gasteiger partial charge in [-0.15, -0.1) is 0 Å². The lowest BCUT2D eigenvalue weighted by Gasteiger charge is -2.68. The molecule has 0 saturated heterocycles. The van der Waals surface area contributed by atoms with Crippen molar-refractivity contribution in [3.05, 3.63) is 11.6 Å². The van der Waals surface area contributed by atoms with Crippen molar-refractivity contribution in [1.29, 1.82) is 0 Å². The fourth-order valence-electron chi connectivity index (χ4n) is 6.34. The first-order chi connectivity index (χ1) is 12.5. The first-order valence-electron chi connectivity index (χ1n) is 10.00. The van der Waals surface area contributed by atoms with Gasteiger partial charge in [-0.1, -0.05) is 33.8 Å². The second-order valence-corrected chi connectivity index (χ2v) is 9.56. The van der Waals surface area contributed by atoms with Crippen molar-refractivity contribution in [1.82, 2.24) is 0 Å². The van der Waals surface area contributed by atoms with E-state index in [9.17, 15) is 14.4 Å². The monoisotopic (exact) mass is 376 g/mol. The molecule has 0 spiro atoms. The quantitative estimate of drug-likeness (QED) is 0.555. The number of hydrogen-bond acceptors (Lipinski definition) is 5. The van der Waals surface area contributed by atoms with Crippen molar-refractivity contribution in [3.8, 4) is 0 Å². The first kappa shape index (κ1) is 20.1. The van der Waals surface area contributed by atoms with E-state index in [0.717, 1.165) is 0 Å². The fourth-order valence-corrected chi connectivity index (χ4v) is 6.34. The summed E-state index contributed by atoms with van der Waals surface area (Å²) < 4.78 is 11.7. The summed E-state index contributed by atoms with van der Waals surface area (Å²) in [5.41, 5.74) is -0.191. The van der Waals surface area contributed by atoms with Gasteiger partial charge < -0.3 is 9.47 Å². The minimum Gasteiger partial charge on any atom is -0.462 e. The van der Waals surface area contributed by atoms with Gasteiger partial charge in [-0.2, -0.15) is 0 Å². The molecule has 3 rings (SSSR count). The molecule has 0 aromatic rings. The molecule has 0 radical (unpaired) electrons. The fraction of sp³-hybridized carbons (Fsp3) is 0.773. The first-order valence-corrected chi connectivity index (χ1v) is 10.00. The maximum absolute atomic E-state index is 13.0. The summed E-state index contributed by atoms with van der Waals surface area (Å²) in [5.74, 6) is 0.0880. The summed E-state index contributed by atoms with van der Waals surface area (Å²) in [5, 5.41) is 0. The molecule has 150 valence electrons. The number of esters is 2. The zero-order valence-electron chi connectivity index (χ0n) is 17.5. The number of Topliss-reactive ketones (excluding diaryl/α,β-unsaturated/α-hetero) is 1. The molecule has 3 aliphatic carbocycles. The van der Waals surface area contributed by atoms with Crippen LogP contribution in [0.1, 0.15) is 61.3 Å². The average molecular weight is 376 g/mol. The molecule has 0 N–H and O–H groups in total. The molecule has 3 fully saturated rings. The molecule has 3 aliphatic rings. The number of fused-ring (bicyclic) bond motifs is 1. The molecule has 0 aromatic heterocycles. The summed E-state index contributed by atoms with van der Waals surface area (Å²) in [6.45, 7) is 13.4. The van der Waals surface area contributed by atoms with Gasteiger partial charge in [0.2, 0.25) is 0 Å². The van der Waals surface area contributed by atoms with Gasteiger partial charge in [0.15, 0.2) is 0 Å². The maximum Gasteiger partial charge on any atom is 0.333 e. The van der Waals surface area contributed by atoms with Gasteiger partial charge in [0.1, 0.15) is 18.0 Å². The molecular weight excluding hydrogens is 344 g/mol. The normalized spacial score (nSPS) is 42.6. The summed E-state index contributed by atoms with van der Waals surface area (Å²) in [6, 6.07) is 0. The van der Waals surface area contributed by atoms with Crippen LogP contribution in [0.3, 0.4) is 0 Å². The molecule has 5 nitrogen and oxygen atoms in total. The van der Waals surface area contributed by atoms with E-state index >= 15 is 0 Å².